The van der Waals surface area contributed by atoms with Gasteiger partial charge in [-0.15, -0.1) is 0 Å². The number of hydrogen-bond donors (Lipinski definition) is 1. The summed E-state index contributed by atoms with van der Waals surface area (Å²) in [6.07, 6.45) is 6.61. The SMILES string of the molecule is [2H]C(O)CCCCCCC. The summed E-state index contributed by atoms with van der Waals surface area (Å²) in [7, 11) is 0. The molecule has 0 aromatic rings. The lowest BCUT2D eigenvalue weighted by Gasteiger charge is -1.95. The van der Waals surface area contributed by atoms with E-state index in [4.69, 9.17) is 6.48 Å². The number of aliphatic hydroxyl groups excluding tert-OH is 1. The van der Waals surface area contributed by atoms with E-state index in [1.54, 1.807) is 0 Å². The molecule has 0 amide bonds. The maximum absolute atomic E-state index is 8.58. The zero-order valence-corrected chi connectivity index (χ0v) is 6.27. The van der Waals surface area contributed by atoms with E-state index in [-0.39, 0.29) is 0 Å². The van der Waals surface area contributed by atoms with Gasteiger partial charge in [0.05, 0.1) is 1.37 Å². The molecule has 0 rings (SSSR count). The molecule has 1 nitrogen and oxygen atoms in total. The topological polar surface area (TPSA) is 20.2 Å². The van der Waals surface area contributed by atoms with Gasteiger partial charge in [0.25, 0.3) is 0 Å². The number of aliphatic hydroxyl groups is 1. The zero-order valence-electron chi connectivity index (χ0n) is 7.27. The van der Waals surface area contributed by atoms with Gasteiger partial charge < -0.3 is 5.11 Å². The van der Waals surface area contributed by atoms with Crippen LogP contribution in [0.3, 0.4) is 0 Å². The van der Waals surface area contributed by atoms with Crippen molar-refractivity contribution < 1.29 is 6.48 Å². The van der Waals surface area contributed by atoms with Gasteiger partial charge in [0.1, 0.15) is 0 Å². The van der Waals surface area contributed by atoms with Gasteiger partial charge in [-0.2, -0.15) is 0 Å². The molecule has 0 fully saturated rings. The van der Waals surface area contributed by atoms with E-state index in [0.29, 0.717) is 6.42 Å². The van der Waals surface area contributed by atoms with Crippen LogP contribution >= 0.6 is 0 Å². The molecule has 0 radical (unpaired) electrons. The van der Waals surface area contributed by atoms with Crippen LogP contribution in [0, 0.1) is 0 Å². The highest BCUT2D eigenvalue weighted by molar-refractivity contribution is 4.41. The van der Waals surface area contributed by atoms with E-state index in [9.17, 15) is 0 Å². The molecule has 1 heteroatoms. The summed E-state index contributed by atoms with van der Waals surface area (Å²) in [5, 5.41) is 8.58. The predicted molar refractivity (Wildman–Crippen MR) is 40.5 cm³/mol. The van der Waals surface area contributed by atoms with Crippen LogP contribution in [0.5, 0.6) is 0 Å². The predicted octanol–water partition coefficient (Wildman–Crippen LogP) is 2.34. The van der Waals surface area contributed by atoms with Crippen molar-refractivity contribution in [3.63, 3.8) is 0 Å². The summed E-state index contributed by atoms with van der Waals surface area (Å²) >= 11 is 0. The van der Waals surface area contributed by atoms with Crippen molar-refractivity contribution in [3.8, 4) is 0 Å². The maximum Gasteiger partial charge on any atom is 0.0564 e. The Kier molecular flexibility index (Phi) is 6.25. The van der Waals surface area contributed by atoms with Gasteiger partial charge in [0, 0.05) is 6.58 Å². The van der Waals surface area contributed by atoms with Gasteiger partial charge in [-0.05, 0) is 6.42 Å². The van der Waals surface area contributed by atoms with E-state index < -0.39 is 6.58 Å². The third-order valence-corrected chi connectivity index (χ3v) is 1.44. The van der Waals surface area contributed by atoms with Crippen molar-refractivity contribution in [2.24, 2.45) is 0 Å². The zero-order chi connectivity index (χ0) is 7.82. The highest BCUT2D eigenvalue weighted by atomic mass is 16.2. The molecule has 0 aliphatic carbocycles. The smallest absolute Gasteiger partial charge is 0.0564 e. The summed E-state index contributed by atoms with van der Waals surface area (Å²) in [6.45, 7) is 1.33. The van der Waals surface area contributed by atoms with Crippen LogP contribution in [0.1, 0.15) is 46.8 Å². The second kappa shape index (κ2) is 7.96. The third-order valence-electron chi connectivity index (χ3n) is 1.44. The minimum Gasteiger partial charge on any atom is -0.396 e. The average molecular weight is 131 g/mol. The van der Waals surface area contributed by atoms with E-state index >= 15 is 0 Å². The highest BCUT2D eigenvalue weighted by Gasteiger charge is 1.86. The Labute approximate surface area is 59.5 Å². The van der Waals surface area contributed by atoms with Crippen LogP contribution in [-0.2, 0) is 0 Å². The van der Waals surface area contributed by atoms with Crippen molar-refractivity contribution in [3.05, 3.63) is 0 Å². The molecular formula is C8H18O. The van der Waals surface area contributed by atoms with Gasteiger partial charge in [-0.3, -0.25) is 0 Å². The molecule has 1 atom stereocenters. The number of hydrogen-bond acceptors (Lipinski definition) is 1. The molecule has 0 saturated carbocycles. The molecule has 0 bridgehead atoms. The molecule has 9 heavy (non-hydrogen) atoms. The van der Waals surface area contributed by atoms with Crippen LogP contribution in [0.2, 0.25) is 0 Å². The second-order valence-corrected chi connectivity index (χ2v) is 2.39. The molecule has 0 heterocycles. The van der Waals surface area contributed by atoms with Gasteiger partial charge in [-0.25, -0.2) is 0 Å². The maximum atomic E-state index is 8.58. The molecule has 1 unspecified atom stereocenters. The van der Waals surface area contributed by atoms with Crippen LogP contribution < -0.4 is 0 Å². The van der Waals surface area contributed by atoms with Crippen molar-refractivity contribution in [2.75, 3.05) is 6.58 Å². The number of rotatable bonds is 6. The first-order valence-corrected chi connectivity index (χ1v) is 3.87. The summed E-state index contributed by atoms with van der Waals surface area (Å²) in [5.74, 6) is 0. The Balaban J connectivity index is 2.77. The fourth-order valence-electron chi connectivity index (χ4n) is 0.839. The molecule has 1 N–H and O–H groups in total. The minimum atomic E-state index is -0.846. The first kappa shape index (κ1) is 7.07. The largest absolute Gasteiger partial charge is 0.396 e. The second-order valence-electron chi connectivity index (χ2n) is 2.39. The fourth-order valence-corrected chi connectivity index (χ4v) is 0.839. The summed E-state index contributed by atoms with van der Waals surface area (Å²) in [6, 6.07) is 0. The lowest BCUT2D eigenvalue weighted by molar-refractivity contribution is 0.282. The molecule has 0 aliphatic rings. The standard InChI is InChI=1S/C8H18O/c1-2-3-4-5-6-7-8-9/h9H,2-8H2,1H3/i8D. The molecule has 0 spiro atoms. The van der Waals surface area contributed by atoms with Gasteiger partial charge in [-0.1, -0.05) is 39.0 Å². The van der Waals surface area contributed by atoms with Gasteiger partial charge in [0.2, 0.25) is 0 Å². The van der Waals surface area contributed by atoms with Gasteiger partial charge in [0.15, 0.2) is 0 Å². The number of unbranched alkanes of at least 4 members (excludes halogenated alkanes) is 4. The Morgan fingerprint density at radius 2 is 1.67 bits per heavy atom. The van der Waals surface area contributed by atoms with Crippen LogP contribution in [0.25, 0.3) is 0 Å². The molecule has 0 saturated heterocycles. The van der Waals surface area contributed by atoms with E-state index in [2.05, 4.69) is 6.92 Å². The summed E-state index contributed by atoms with van der Waals surface area (Å²) < 4.78 is 6.81. The minimum absolute atomic E-state index is 0.643. The fraction of sp³-hybridized carbons (Fsp3) is 1.00. The van der Waals surface area contributed by atoms with Crippen LogP contribution in [-0.4, -0.2) is 11.7 Å². The molecule has 0 aliphatic heterocycles. The Morgan fingerprint density at radius 1 is 1.11 bits per heavy atom. The average Bonchev–Trinajstić information content (AvgIpc) is 1.87. The monoisotopic (exact) mass is 131 g/mol. The van der Waals surface area contributed by atoms with Crippen molar-refractivity contribution in [2.45, 2.75) is 45.4 Å². The third kappa shape index (κ3) is 7.96. The van der Waals surface area contributed by atoms with Crippen LogP contribution in [0.15, 0.2) is 0 Å². The van der Waals surface area contributed by atoms with Crippen molar-refractivity contribution in [1.82, 2.24) is 0 Å². The van der Waals surface area contributed by atoms with Crippen molar-refractivity contribution >= 4 is 0 Å². The molecule has 0 aromatic heterocycles. The Morgan fingerprint density at radius 3 is 2.22 bits per heavy atom. The normalized spacial score (nSPS) is 15.1. The van der Waals surface area contributed by atoms with E-state index in [1.807, 2.05) is 0 Å². The molecule has 0 aromatic carbocycles. The molecular weight excluding hydrogens is 112 g/mol. The summed E-state index contributed by atoms with van der Waals surface area (Å²) in [4.78, 5) is 0. The molecule has 56 valence electrons. The van der Waals surface area contributed by atoms with Crippen LogP contribution in [0.4, 0.5) is 0 Å². The first-order chi connectivity index (χ1) is 4.77. The quantitative estimate of drug-likeness (QED) is 0.548. The Hall–Kier alpha value is -0.0400. The van der Waals surface area contributed by atoms with Crippen molar-refractivity contribution in [1.29, 1.82) is 0 Å². The van der Waals surface area contributed by atoms with E-state index in [0.717, 1.165) is 6.42 Å². The highest BCUT2D eigenvalue weighted by Crippen LogP contribution is 2.03. The Bertz CT molecular complexity index is 64.3. The summed E-state index contributed by atoms with van der Waals surface area (Å²) in [5.41, 5.74) is 0. The first-order valence-electron chi connectivity index (χ1n) is 4.45. The lowest BCUT2D eigenvalue weighted by atomic mass is 10.1. The lowest BCUT2D eigenvalue weighted by Crippen LogP contribution is -1.82. The van der Waals surface area contributed by atoms with Gasteiger partial charge >= 0.3 is 0 Å². The van der Waals surface area contributed by atoms with E-state index in [1.165, 1.54) is 25.7 Å².